The molecule has 0 saturated heterocycles. The van der Waals surface area contributed by atoms with E-state index >= 15 is 0 Å². The molecular weight excluding hydrogens is 262 g/mol. The van der Waals surface area contributed by atoms with Gasteiger partial charge in [-0.3, -0.25) is 0 Å². The number of rotatable bonds is 2. The molecule has 3 rings (SSSR count). The van der Waals surface area contributed by atoms with Crippen molar-refractivity contribution in [2.75, 3.05) is 5.73 Å². The Morgan fingerprint density at radius 3 is 1.70 bits per heavy atom. The van der Waals surface area contributed by atoms with Gasteiger partial charge < -0.3 is 5.73 Å². The quantitative estimate of drug-likeness (QED) is 0.506. The van der Waals surface area contributed by atoms with Crippen molar-refractivity contribution < 1.29 is 0 Å². The van der Waals surface area contributed by atoms with Crippen LogP contribution in [0.4, 0.5) is 5.69 Å². The zero-order valence-electron chi connectivity index (χ0n) is 11.0. The maximum atomic E-state index is 6.23. The first-order chi connectivity index (χ1) is 9.75. The maximum Gasteiger partial charge on any atom is 0.0400 e. The van der Waals surface area contributed by atoms with Gasteiger partial charge in [-0.2, -0.15) is 0 Å². The summed E-state index contributed by atoms with van der Waals surface area (Å²) in [5, 5.41) is 0. The third kappa shape index (κ3) is 2.43. The van der Waals surface area contributed by atoms with Crippen LogP contribution in [-0.4, -0.2) is 0 Å². The number of nitrogen functional groups attached to an aromatic ring is 1. The molecule has 0 atom stereocenters. The Morgan fingerprint density at radius 2 is 1.15 bits per heavy atom. The van der Waals surface area contributed by atoms with Gasteiger partial charge in [-0.25, -0.2) is 0 Å². The second-order valence-electron chi connectivity index (χ2n) is 4.69. The fraction of sp³-hybridized carbons (Fsp3) is 0. The summed E-state index contributed by atoms with van der Waals surface area (Å²) in [5.74, 6) is 0. The molecule has 3 aromatic carbocycles. The van der Waals surface area contributed by atoms with Crippen LogP contribution in [0, 0.1) is 0 Å². The molecule has 0 aliphatic rings. The van der Waals surface area contributed by atoms with Gasteiger partial charge in [0.05, 0.1) is 0 Å². The Morgan fingerprint density at radius 1 is 0.650 bits per heavy atom. The van der Waals surface area contributed by atoms with E-state index in [9.17, 15) is 0 Å². The van der Waals surface area contributed by atoms with Crippen molar-refractivity contribution in [3.05, 3.63) is 72.8 Å². The number of hydrogen-bond donors (Lipinski definition) is 2. The SMILES string of the molecule is Nc1cc(-c2ccccc2)c(S)cc1-c1ccccc1. The van der Waals surface area contributed by atoms with Crippen LogP contribution < -0.4 is 5.73 Å². The molecule has 0 unspecified atom stereocenters. The van der Waals surface area contributed by atoms with Crippen molar-refractivity contribution in [3.8, 4) is 22.3 Å². The van der Waals surface area contributed by atoms with Crippen molar-refractivity contribution in [1.29, 1.82) is 0 Å². The molecule has 0 bridgehead atoms. The first-order valence-electron chi connectivity index (χ1n) is 6.49. The lowest BCUT2D eigenvalue weighted by molar-refractivity contribution is 1.45. The fourth-order valence-corrected chi connectivity index (χ4v) is 2.64. The Kier molecular flexibility index (Phi) is 3.48. The second kappa shape index (κ2) is 5.43. The van der Waals surface area contributed by atoms with Gasteiger partial charge in [0.25, 0.3) is 0 Å². The van der Waals surface area contributed by atoms with Gasteiger partial charge in [-0.05, 0) is 28.8 Å². The predicted octanol–water partition coefficient (Wildman–Crippen LogP) is 4.89. The number of thiol groups is 1. The minimum atomic E-state index is 0.771. The van der Waals surface area contributed by atoms with E-state index in [1.165, 1.54) is 0 Å². The molecule has 0 spiro atoms. The number of hydrogen-bond acceptors (Lipinski definition) is 2. The van der Waals surface area contributed by atoms with E-state index in [1.807, 2.05) is 48.5 Å². The van der Waals surface area contributed by atoms with E-state index in [4.69, 9.17) is 5.73 Å². The molecule has 0 fully saturated rings. The molecule has 0 aliphatic heterocycles. The molecule has 0 radical (unpaired) electrons. The van der Waals surface area contributed by atoms with Crippen LogP contribution in [0.1, 0.15) is 0 Å². The second-order valence-corrected chi connectivity index (χ2v) is 5.17. The van der Waals surface area contributed by atoms with Gasteiger partial charge in [-0.1, -0.05) is 60.7 Å². The summed E-state index contributed by atoms with van der Waals surface area (Å²) in [7, 11) is 0. The minimum absolute atomic E-state index is 0.771. The zero-order chi connectivity index (χ0) is 13.9. The van der Waals surface area contributed by atoms with Crippen LogP contribution in [0.5, 0.6) is 0 Å². The van der Waals surface area contributed by atoms with Crippen LogP contribution >= 0.6 is 12.6 Å². The van der Waals surface area contributed by atoms with Gasteiger partial charge in [0, 0.05) is 16.1 Å². The van der Waals surface area contributed by atoms with Gasteiger partial charge in [0.1, 0.15) is 0 Å². The van der Waals surface area contributed by atoms with E-state index < -0.39 is 0 Å². The highest BCUT2D eigenvalue weighted by Gasteiger charge is 2.08. The average molecular weight is 277 g/mol. The zero-order valence-corrected chi connectivity index (χ0v) is 11.8. The van der Waals surface area contributed by atoms with E-state index in [2.05, 4.69) is 36.9 Å². The molecule has 20 heavy (non-hydrogen) atoms. The lowest BCUT2D eigenvalue weighted by Gasteiger charge is -2.12. The molecule has 2 heteroatoms. The molecule has 2 N–H and O–H groups in total. The molecule has 3 aromatic rings. The van der Waals surface area contributed by atoms with Crippen LogP contribution in [0.2, 0.25) is 0 Å². The third-order valence-corrected chi connectivity index (χ3v) is 3.71. The highest BCUT2D eigenvalue weighted by molar-refractivity contribution is 7.80. The van der Waals surface area contributed by atoms with E-state index in [1.54, 1.807) is 0 Å². The van der Waals surface area contributed by atoms with E-state index in [0.29, 0.717) is 0 Å². The Hall–Kier alpha value is -2.19. The fourth-order valence-electron chi connectivity index (χ4n) is 2.32. The molecule has 98 valence electrons. The lowest BCUT2D eigenvalue weighted by Crippen LogP contribution is -1.92. The van der Waals surface area contributed by atoms with Gasteiger partial charge >= 0.3 is 0 Å². The smallest absolute Gasteiger partial charge is 0.0400 e. The number of benzene rings is 3. The lowest BCUT2D eigenvalue weighted by atomic mass is 9.98. The molecule has 0 aliphatic carbocycles. The van der Waals surface area contributed by atoms with Gasteiger partial charge in [-0.15, -0.1) is 12.6 Å². The summed E-state index contributed by atoms with van der Waals surface area (Å²) in [6, 6.07) is 24.3. The largest absolute Gasteiger partial charge is 0.398 e. The summed E-state index contributed by atoms with van der Waals surface area (Å²) < 4.78 is 0. The van der Waals surface area contributed by atoms with Crippen molar-refractivity contribution in [1.82, 2.24) is 0 Å². The highest BCUT2D eigenvalue weighted by atomic mass is 32.1. The van der Waals surface area contributed by atoms with E-state index in [-0.39, 0.29) is 0 Å². The Balaban J connectivity index is 2.13. The van der Waals surface area contributed by atoms with Crippen LogP contribution in [0.25, 0.3) is 22.3 Å². The molecule has 0 amide bonds. The minimum Gasteiger partial charge on any atom is -0.398 e. The Labute approximate surface area is 124 Å². The average Bonchev–Trinajstić information content (AvgIpc) is 2.51. The van der Waals surface area contributed by atoms with Crippen molar-refractivity contribution in [3.63, 3.8) is 0 Å². The summed E-state index contributed by atoms with van der Waals surface area (Å²) in [4.78, 5) is 0.934. The molecule has 1 nitrogen and oxygen atoms in total. The van der Waals surface area contributed by atoms with Crippen LogP contribution in [0.3, 0.4) is 0 Å². The monoisotopic (exact) mass is 277 g/mol. The highest BCUT2D eigenvalue weighted by Crippen LogP contribution is 2.35. The normalized spacial score (nSPS) is 10.4. The maximum absolute atomic E-state index is 6.23. The first-order valence-corrected chi connectivity index (χ1v) is 6.94. The number of anilines is 1. The third-order valence-electron chi connectivity index (χ3n) is 3.34. The van der Waals surface area contributed by atoms with E-state index in [0.717, 1.165) is 32.8 Å². The standard InChI is InChI=1S/C18H15NS/c19-17-11-16(14-9-5-2-6-10-14)18(20)12-15(17)13-7-3-1-4-8-13/h1-12,20H,19H2. The number of nitrogens with two attached hydrogens (primary N) is 1. The Bertz CT molecular complexity index is 656. The first kappa shape index (κ1) is 12.8. The summed E-state index contributed by atoms with van der Waals surface area (Å²) >= 11 is 4.62. The van der Waals surface area contributed by atoms with Crippen LogP contribution in [0.15, 0.2) is 77.7 Å². The summed E-state index contributed by atoms with van der Waals surface area (Å²) in [5.41, 5.74) is 11.3. The van der Waals surface area contributed by atoms with Crippen molar-refractivity contribution in [2.24, 2.45) is 0 Å². The van der Waals surface area contributed by atoms with Gasteiger partial charge in [0.15, 0.2) is 0 Å². The van der Waals surface area contributed by atoms with Gasteiger partial charge in [0.2, 0.25) is 0 Å². The molecule has 0 aromatic heterocycles. The summed E-state index contributed by atoms with van der Waals surface area (Å²) in [6.07, 6.45) is 0. The predicted molar refractivity (Wildman–Crippen MR) is 89.0 cm³/mol. The topological polar surface area (TPSA) is 26.0 Å². The van der Waals surface area contributed by atoms with Crippen LogP contribution in [-0.2, 0) is 0 Å². The molecular formula is C18H15NS. The van der Waals surface area contributed by atoms with Crippen molar-refractivity contribution in [2.45, 2.75) is 4.90 Å². The molecule has 0 saturated carbocycles. The van der Waals surface area contributed by atoms with Crippen molar-refractivity contribution >= 4 is 18.3 Å². The summed E-state index contributed by atoms with van der Waals surface area (Å²) in [6.45, 7) is 0. The molecule has 0 heterocycles.